The molecule has 0 fully saturated rings. The van der Waals surface area contributed by atoms with Crippen molar-refractivity contribution >= 4 is 13.3 Å². The Morgan fingerprint density at radius 1 is 0.941 bits per heavy atom. The topological polar surface area (TPSA) is 78.5 Å². The predicted molar refractivity (Wildman–Crippen MR) is 126 cm³/mol. The molecule has 4 rings (SSSR count). The molecule has 0 spiro atoms. The molecule has 10 heteroatoms. The summed E-state index contributed by atoms with van der Waals surface area (Å²) in [5, 5.41) is 9.27. The molecule has 34 heavy (non-hydrogen) atoms. The molecule has 0 amide bonds. The second-order valence-electron chi connectivity index (χ2n) is 9.50. The predicted octanol–water partition coefficient (Wildman–Crippen LogP) is 4.56. The Labute approximate surface area is 213 Å². The maximum absolute atomic E-state index is 13.5. The average molecular weight is 657 g/mol. The Balaban J connectivity index is 0.000000237. The summed E-state index contributed by atoms with van der Waals surface area (Å²) in [7, 11) is -1.42. The Hall–Kier alpha value is -2.68. The van der Waals surface area contributed by atoms with Gasteiger partial charge in [-0.1, -0.05) is 70.2 Å². The van der Waals surface area contributed by atoms with Crippen molar-refractivity contribution in [2.24, 2.45) is 0 Å². The second-order valence-corrected chi connectivity index (χ2v) is 14.6. The zero-order valence-corrected chi connectivity index (χ0v) is 23.3. The van der Waals surface area contributed by atoms with E-state index < -0.39 is 20.0 Å². The maximum Gasteiger partial charge on any atom is 0.128 e. The summed E-state index contributed by atoms with van der Waals surface area (Å²) in [6.45, 7) is 12.8. The van der Waals surface area contributed by atoms with Crippen LogP contribution in [0, 0.1) is 18.0 Å². The summed E-state index contributed by atoms with van der Waals surface area (Å²) in [5.41, 5.74) is 1.21. The number of nitrogens with zero attached hydrogens (tertiary/aromatic N) is 6. The van der Waals surface area contributed by atoms with Crippen LogP contribution in [0.2, 0.25) is 19.6 Å². The molecule has 0 aromatic carbocycles. The normalized spacial score (nSPS) is 11.3. The van der Waals surface area contributed by atoms with Crippen molar-refractivity contribution in [1.82, 2.24) is 30.1 Å². The van der Waals surface area contributed by atoms with E-state index in [-0.39, 0.29) is 31.1 Å². The van der Waals surface area contributed by atoms with Crippen LogP contribution >= 0.6 is 0 Å². The monoisotopic (exact) mass is 657 g/mol. The average Bonchev–Trinajstić information content (AvgIpc) is 3.25. The van der Waals surface area contributed by atoms with E-state index in [4.69, 9.17) is 0 Å². The van der Waals surface area contributed by atoms with Gasteiger partial charge in [-0.05, 0) is 28.8 Å². The summed E-state index contributed by atoms with van der Waals surface area (Å²) >= 11 is 0. The molecule has 0 saturated carbocycles. The van der Waals surface area contributed by atoms with E-state index in [1.807, 2.05) is 24.3 Å². The molecule has 4 heterocycles. The molecule has 0 unspecified atom stereocenters. The fourth-order valence-corrected chi connectivity index (χ4v) is 3.73. The minimum atomic E-state index is -1.42. The van der Waals surface area contributed by atoms with Crippen LogP contribution in [0.3, 0.4) is 0 Å². The fourth-order valence-electron chi connectivity index (χ4n) is 2.70. The summed E-state index contributed by atoms with van der Waals surface area (Å²) in [5.74, 6) is -0.415. The molecule has 0 aliphatic rings. The number of hydrogen-bond acceptors (Lipinski definition) is 5. The van der Waals surface area contributed by atoms with Gasteiger partial charge < -0.3 is 15.1 Å². The number of halogens is 2. The maximum atomic E-state index is 13.5. The van der Waals surface area contributed by atoms with Crippen LogP contribution in [-0.4, -0.2) is 33.1 Å². The van der Waals surface area contributed by atoms with Gasteiger partial charge in [0.15, 0.2) is 0 Å². The summed E-state index contributed by atoms with van der Waals surface area (Å²) in [6.07, 6.45) is 3.47. The molecule has 4 aromatic heterocycles. The first kappa shape index (κ1) is 27.6. The molecule has 6 nitrogen and oxygen atoms in total. The van der Waals surface area contributed by atoms with Crippen molar-refractivity contribution < 1.29 is 28.9 Å². The van der Waals surface area contributed by atoms with Crippen LogP contribution in [0.4, 0.5) is 8.78 Å². The number of pyridine rings is 3. The van der Waals surface area contributed by atoms with Crippen molar-refractivity contribution in [3.05, 3.63) is 72.6 Å². The van der Waals surface area contributed by atoms with Gasteiger partial charge in [0.25, 0.3) is 0 Å². The smallest absolute Gasteiger partial charge is 0.128 e. The van der Waals surface area contributed by atoms with E-state index in [1.54, 1.807) is 18.5 Å². The molecule has 0 bridgehead atoms. The van der Waals surface area contributed by atoms with E-state index in [9.17, 15) is 8.78 Å². The molecule has 1 radical (unpaired) electrons. The standard InChI is InChI=1S/C13H13F2N2Si.C11H13N4.Ir/c1-18(2,3)9-4-6-11(16-8-9)10-5-7-12(14)17-13(10)15;1-11(2,3)10-13-9(14-15-10)8-6-4-5-7-12-8;/h4,6-8H,1-3H3;4-7H,1-3H3;/q2*-1;. The summed E-state index contributed by atoms with van der Waals surface area (Å²) in [4.78, 5) is 15.9. The van der Waals surface area contributed by atoms with Crippen LogP contribution < -0.4 is 10.3 Å². The van der Waals surface area contributed by atoms with Gasteiger partial charge in [0.2, 0.25) is 0 Å². The van der Waals surface area contributed by atoms with E-state index in [1.165, 1.54) is 5.19 Å². The van der Waals surface area contributed by atoms with Crippen LogP contribution in [-0.2, 0) is 25.5 Å². The van der Waals surface area contributed by atoms with Gasteiger partial charge in [-0.15, -0.1) is 6.07 Å². The molecule has 4 aromatic rings. The first-order valence-electron chi connectivity index (χ1n) is 10.4. The van der Waals surface area contributed by atoms with E-state index in [0.717, 1.165) is 17.6 Å². The molecule has 0 aliphatic heterocycles. The van der Waals surface area contributed by atoms with Gasteiger partial charge in [-0.3, -0.25) is 15.1 Å². The van der Waals surface area contributed by atoms with Crippen molar-refractivity contribution in [3.63, 3.8) is 0 Å². The van der Waals surface area contributed by atoms with Gasteiger partial charge >= 0.3 is 0 Å². The van der Waals surface area contributed by atoms with Gasteiger partial charge in [0.05, 0.1) is 13.8 Å². The Morgan fingerprint density at radius 3 is 2.18 bits per heavy atom. The second kappa shape index (κ2) is 11.2. The largest absolute Gasteiger partial charge is 0.420 e. The Morgan fingerprint density at radius 2 is 1.68 bits per heavy atom. The van der Waals surface area contributed by atoms with E-state index in [2.05, 4.69) is 76.6 Å². The zero-order chi connectivity index (χ0) is 24.2. The van der Waals surface area contributed by atoms with Crippen LogP contribution in [0.25, 0.3) is 22.8 Å². The third-order valence-electron chi connectivity index (χ3n) is 4.65. The van der Waals surface area contributed by atoms with Crippen LogP contribution in [0.1, 0.15) is 26.6 Å². The molecule has 181 valence electrons. The van der Waals surface area contributed by atoms with Crippen LogP contribution in [0.5, 0.6) is 0 Å². The van der Waals surface area contributed by atoms with Gasteiger partial charge in [0.1, 0.15) is 11.9 Å². The third-order valence-corrected chi connectivity index (χ3v) is 6.68. The Kier molecular flexibility index (Phi) is 9.05. The van der Waals surface area contributed by atoms with Crippen molar-refractivity contribution in [2.75, 3.05) is 0 Å². The van der Waals surface area contributed by atoms with Crippen molar-refractivity contribution in [3.8, 4) is 22.8 Å². The first-order valence-corrected chi connectivity index (χ1v) is 13.9. The van der Waals surface area contributed by atoms with E-state index in [0.29, 0.717) is 11.5 Å². The number of aromatic nitrogens is 6. The molecule has 0 saturated heterocycles. The van der Waals surface area contributed by atoms with Crippen molar-refractivity contribution in [2.45, 2.75) is 45.8 Å². The fraction of sp³-hybridized carbons (Fsp3) is 0.292. The Bertz CT molecular complexity index is 1200. The summed E-state index contributed by atoms with van der Waals surface area (Å²) in [6, 6.07) is 12.8. The molecule has 0 aliphatic carbocycles. The number of rotatable bonds is 3. The molecule has 0 N–H and O–H groups in total. The SMILES string of the molecule is CC(C)(C)c1n[n-]c(-c2ccccn2)n1.C[Si](C)(C)c1ccc(-c2[c-]cc(F)nc2F)nc1.[Ir]. The van der Waals surface area contributed by atoms with E-state index >= 15 is 0 Å². The third kappa shape index (κ3) is 7.16. The number of hydrogen-bond donors (Lipinski definition) is 0. The molecule has 0 atom stereocenters. The molecular weight excluding hydrogens is 631 g/mol. The van der Waals surface area contributed by atoms with Gasteiger partial charge in [-0.2, -0.15) is 0 Å². The zero-order valence-electron chi connectivity index (χ0n) is 19.9. The van der Waals surface area contributed by atoms with Gasteiger partial charge in [0, 0.05) is 43.7 Å². The minimum Gasteiger partial charge on any atom is -0.420 e. The first-order chi connectivity index (χ1) is 15.4. The molecular formula is C24H26F2IrN6Si-2. The van der Waals surface area contributed by atoms with Crippen LogP contribution in [0.15, 0.2) is 48.8 Å². The van der Waals surface area contributed by atoms with Gasteiger partial charge in [-0.25, -0.2) is 8.78 Å². The minimum absolute atomic E-state index is 0. The van der Waals surface area contributed by atoms with Crippen molar-refractivity contribution in [1.29, 1.82) is 0 Å². The summed E-state index contributed by atoms with van der Waals surface area (Å²) < 4.78 is 26.1. The quantitative estimate of drug-likeness (QED) is 0.183.